The third-order valence-electron chi connectivity index (χ3n) is 5.46. The number of hydrogen-bond donors (Lipinski definition) is 2. The maximum Gasteiger partial charge on any atom is 0.270 e. The topological polar surface area (TPSA) is 75.9 Å². The Kier molecular flexibility index (Phi) is 5.92. The molecular weight excluding hydrogens is 409 g/mol. The second kappa shape index (κ2) is 8.80. The fraction of sp³-hybridized carbons (Fsp3) is 0.200. The molecule has 0 unspecified atom stereocenters. The van der Waals surface area contributed by atoms with Gasteiger partial charge in [0, 0.05) is 11.8 Å². The third kappa shape index (κ3) is 4.07. The molecule has 0 aliphatic rings. The van der Waals surface area contributed by atoms with Crippen LogP contribution in [0.15, 0.2) is 72.9 Å². The number of carbonyl (C=O) groups excluding carboxylic acids is 1. The number of benzene rings is 2. The van der Waals surface area contributed by atoms with E-state index in [1.54, 1.807) is 54.8 Å². The lowest BCUT2D eigenvalue weighted by Gasteiger charge is -2.29. The van der Waals surface area contributed by atoms with Gasteiger partial charge in [-0.2, -0.15) is 0 Å². The van der Waals surface area contributed by atoms with Gasteiger partial charge in [0.1, 0.15) is 18.1 Å². The molecule has 0 saturated carbocycles. The van der Waals surface area contributed by atoms with Crippen molar-refractivity contribution < 1.29 is 19.0 Å². The van der Waals surface area contributed by atoms with E-state index in [2.05, 4.69) is 10.3 Å². The van der Waals surface area contributed by atoms with Crippen LogP contribution in [0.25, 0.3) is 5.65 Å². The number of nitrogens with zero attached hydrogens (tertiary/aromatic N) is 2. The molecule has 2 aromatic heterocycles. The van der Waals surface area contributed by atoms with E-state index in [0.29, 0.717) is 28.3 Å². The molecule has 2 N–H and O–H groups in total. The minimum Gasteiger partial charge on any atom is -0.485 e. The lowest BCUT2D eigenvalue weighted by atomic mass is 9.92. The average molecular weight is 433 g/mol. The monoisotopic (exact) mass is 433 g/mol. The van der Waals surface area contributed by atoms with E-state index < -0.39 is 5.54 Å². The number of nitrogens with one attached hydrogen (secondary N) is 1. The van der Waals surface area contributed by atoms with Gasteiger partial charge in [-0.1, -0.05) is 48.5 Å². The second-order valence-corrected chi connectivity index (χ2v) is 7.80. The van der Waals surface area contributed by atoms with E-state index in [1.165, 1.54) is 6.07 Å². The maximum absolute atomic E-state index is 13.9. The summed E-state index contributed by atoms with van der Waals surface area (Å²) in [7, 11) is 0. The maximum atomic E-state index is 13.9. The van der Waals surface area contributed by atoms with Gasteiger partial charge in [-0.15, -0.1) is 0 Å². The molecule has 2 aromatic carbocycles. The quantitative estimate of drug-likeness (QED) is 0.462. The van der Waals surface area contributed by atoms with Crippen LogP contribution in [0.4, 0.5) is 4.39 Å². The zero-order valence-electron chi connectivity index (χ0n) is 17.9. The molecule has 0 aliphatic carbocycles. The van der Waals surface area contributed by atoms with Gasteiger partial charge in [0.2, 0.25) is 0 Å². The first kappa shape index (κ1) is 21.5. The van der Waals surface area contributed by atoms with Crippen LogP contribution < -0.4 is 10.1 Å². The zero-order valence-corrected chi connectivity index (χ0v) is 17.9. The number of pyridine rings is 1. The van der Waals surface area contributed by atoms with Gasteiger partial charge >= 0.3 is 0 Å². The van der Waals surface area contributed by atoms with Crippen LogP contribution >= 0.6 is 0 Å². The number of aliphatic hydroxyl groups is 1. The Labute approximate surface area is 185 Å². The van der Waals surface area contributed by atoms with E-state index >= 15 is 0 Å². The van der Waals surface area contributed by atoms with Crippen molar-refractivity contribution >= 4 is 11.6 Å². The van der Waals surface area contributed by atoms with Crippen molar-refractivity contribution in [2.24, 2.45) is 0 Å². The third-order valence-corrected chi connectivity index (χ3v) is 5.46. The van der Waals surface area contributed by atoms with Crippen LogP contribution in [0.5, 0.6) is 5.75 Å². The minimum absolute atomic E-state index is 0.0381. The highest BCUT2D eigenvalue weighted by atomic mass is 19.1. The Hall–Kier alpha value is -3.71. The number of rotatable bonds is 7. The smallest absolute Gasteiger partial charge is 0.270 e. The van der Waals surface area contributed by atoms with Gasteiger partial charge in [0.15, 0.2) is 11.4 Å². The summed E-state index contributed by atoms with van der Waals surface area (Å²) in [6.07, 6.45) is 1.72. The Morgan fingerprint density at radius 2 is 1.84 bits per heavy atom. The number of ether oxygens (including phenoxy) is 1. The van der Waals surface area contributed by atoms with Crippen molar-refractivity contribution in [1.29, 1.82) is 0 Å². The second-order valence-electron chi connectivity index (χ2n) is 7.80. The molecule has 0 aliphatic heterocycles. The largest absolute Gasteiger partial charge is 0.485 e. The highest BCUT2D eigenvalue weighted by Crippen LogP contribution is 2.25. The SMILES string of the molecule is Cc1nc2c(OCc3ccccc3F)cccn2c1C(=O)N[C@@](C)(CO)c1ccccc1. The van der Waals surface area contributed by atoms with Gasteiger partial charge < -0.3 is 15.2 Å². The molecule has 2 heterocycles. The lowest BCUT2D eigenvalue weighted by molar-refractivity contribution is 0.0843. The first-order valence-corrected chi connectivity index (χ1v) is 10.3. The molecule has 4 rings (SSSR count). The summed E-state index contributed by atoms with van der Waals surface area (Å²) >= 11 is 0. The van der Waals surface area contributed by atoms with Crippen molar-refractivity contribution in [2.75, 3.05) is 6.61 Å². The molecule has 4 aromatic rings. The molecule has 6 nitrogen and oxygen atoms in total. The Bertz CT molecular complexity index is 1260. The van der Waals surface area contributed by atoms with Crippen molar-refractivity contribution in [3.8, 4) is 5.75 Å². The van der Waals surface area contributed by atoms with E-state index in [0.717, 1.165) is 5.56 Å². The van der Waals surface area contributed by atoms with E-state index in [-0.39, 0.29) is 24.9 Å². The van der Waals surface area contributed by atoms with Crippen molar-refractivity contribution in [3.63, 3.8) is 0 Å². The summed E-state index contributed by atoms with van der Waals surface area (Å²) in [6.45, 7) is 3.27. The van der Waals surface area contributed by atoms with E-state index in [4.69, 9.17) is 4.74 Å². The number of aliphatic hydroxyl groups excluding tert-OH is 1. The molecule has 0 bridgehead atoms. The fourth-order valence-corrected chi connectivity index (χ4v) is 3.63. The van der Waals surface area contributed by atoms with Gasteiger partial charge in [-0.25, -0.2) is 9.37 Å². The molecule has 0 radical (unpaired) electrons. The summed E-state index contributed by atoms with van der Waals surface area (Å²) in [5, 5.41) is 13.0. The van der Waals surface area contributed by atoms with Crippen molar-refractivity contribution in [3.05, 3.63) is 101 Å². The lowest BCUT2D eigenvalue weighted by Crippen LogP contribution is -2.46. The summed E-state index contributed by atoms with van der Waals surface area (Å²) in [4.78, 5) is 17.8. The Morgan fingerprint density at radius 3 is 2.56 bits per heavy atom. The molecule has 1 atom stereocenters. The zero-order chi connectivity index (χ0) is 22.7. The molecule has 164 valence electrons. The van der Waals surface area contributed by atoms with Crippen LogP contribution in [0, 0.1) is 12.7 Å². The van der Waals surface area contributed by atoms with Crippen LogP contribution in [-0.4, -0.2) is 27.0 Å². The molecule has 32 heavy (non-hydrogen) atoms. The Morgan fingerprint density at radius 1 is 1.12 bits per heavy atom. The normalized spacial score (nSPS) is 13.0. The van der Waals surface area contributed by atoms with E-state index in [1.807, 2.05) is 30.3 Å². The van der Waals surface area contributed by atoms with Gasteiger partial charge in [0.05, 0.1) is 17.8 Å². The van der Waals surface area contributed by atoms with Gasteiger partial charge in [-0.3, -0.25) is 9.20 Å². The summed E-state index contributed by atoms with van der Waals surface area (Å²) < 4.78 is 21.4. The van der Waals surface area contributed by atoms with E-state index in [9.17, 15) is 14.3 Å². The molecule has 0 saturated heterocycles. The highest BCUT2D eigenvalue weighted by Gasteiger charge is 2.30. The number of fused-ring (bicyclic) bond motifs is 1. The molecule has 0 fully saturated rings. The first-order valence-electron chi connectivity index (χ1n) is 10.3. The molecular formula is C25H24FN3O3. The molecule has 7 heteroatoms. The number of imidazole rings is 1. The van der Waals surface area contributed by atoms with Crippen LogP contribution in [0.2, 0.25) is 0 Å². The van der Waals surface area contributed by atoms with Crippen LogP contribution in [0.3, 0.4) is 0 Å². The number of amides is 1. The Balaban J connectivity index is 1.64. The van der Waals surface area contributed by atoms with Crippen molar-refractivity contribution in [2.45, 2.75) is 26.0 Å². The minimum atomic E-state index is -0.964. The average Bonchev–Trinajstić information content (AvgIpc) is 3.15. The number of hydrogen-bond acceptors (Lipinski definition) is 4. The van der Waals surface area contributed by atoms with Crippen LogP contribution in [-0.2, 0) is 12.1 Å². The number of carbonyl (C=O) groups is 1. The predicted molar refractivity (Wildman–Crippen MR) is 119 cm³/mol. The number of aromatic nitrogens is 2. The molecule has 0 spiro atoms. The first-order chi connectivity index (χ1) is 15.4. The van der Waals surface area contributed by atoms with Crippen molar-refractivity contribution in [1.82, 2.24) is 14.7 Å². The van der Waals surface area contributed by atoms with Crippen LogP contribution in [0.1, 0.15) is 34.2 Å². The number of aryl methyl sites for hydroxylation is 1. The summed E-state index contributed by atoms with van der Waals surface area (Å²) in [6, 6.07) is 19.2. The van der Waals surface area contributed by atoms with Gasteiger partial charge in [0.25, 0.3) is 5.91 Å². The standard InChI is InChI=1S/C25H24FN3O3/c1-17-22(24(31)28-25(2,16-30)19-10-4-3-5-11-19)29-14-8-13-21(23(29)27-17)32-15-18-9-6-7-12-20(18)26/h3-14,30H,15-16H2,1-2H3,(H,28,31)/t25-/m0/s1. The van der Waals surface area contributed by atoms with Gasteiger partial charge in [-0.05, 0) is 37.6 Å². The summed E-state index contributed by atoms with van der Waals surface area (Å²) in [5.41, 5.74) is 1.56. The fourth-order valence-electron chi connectivity index (χ4n) is 3.63. The number of halogens is 1. The predicted octanol–water partition coefficient (Wildman–Crippen LogP) is 4.00. The molecule has 1 amide bonds. The summed E-state index contributed by atoms with van der Waals surface area (Å²) in [5.74, 6) is -0.282. The highest BCUT2D eigenvalue weighted by molar-refractivity contribution is 5.95.